The summed E-state index contributed by atoms with van der Waals surface area (Å²) in [4.78, 5) is 16.6. The van der Waals surface area contributed by atoms with Crippen molar-refractivity contribution >= 4 is 22.5 Å². The molecule has 0 aliphatic carbocycles. The molecule has 0 bridgehead atoms. The second-order valence-corrected chi connectivity index (χ2v) is 5.22. The molecule has 0 radical (unpaired) electrons. The number of aliphatic hydroxyl groups excluding tert-OH is 1. The summed E-state index contributed by atoms with van der Waals surface area (Å²) in [6.45, 7) is 0.151. The molecule has 1 unspecified atom stereocenters. The van der Waals surface area contributed by atoms with Crippen molar-refractivity contribution in [2.75, 3.05) is 0 Å². The highest BCUT2D eigenvalue weighted by molar-refractivity contribution is 6.30. The van der Waals surface area contributed by atoms with E-state index in [1.54, 1.807) is 42.5 Å². The summed E-state index contributed by atoms with van der Waals surface area (Å²) in [6, 6.07) is 14.1. The number of aliphatic hydroxyl groups is 1. The molecule has 0 saturated heterocycles. The predicted octanol–water partition coefficient (Wildman–Crippen LogP) is 2.78. The van der Waals surface area contributed by atoms with Gasteiger partial charge >= 0.3 is 0 Å². The fourth-order valence-corrected chi connectivity index (χ4v) is 2.34. The molecule has 2 aromatic carbocycles. The van der Waals surface area contributed by atoms with E-state index in [4.69, 9.17) is 11.6 Å². The average molecular weight is 301 g/mol. The Balaban J connectivity index is 1.93. The Morgan fingerprint density at radius 1 is 1.14 bits per heavy atom. The lowest BCUT2D eigenvalue weighted by Gasteiger charge is -2.13. The van der Waals surface area contributed by atoms with Crippen molar-refractivity contribution in [3.8, 4) is 0 Å². The Labute approximate surface area is 126 Å². The van der Waals surface area contributed by atoms with Crippen LogP contribution in [0.3, 0.4) is 0 Å². The van der Waals surface area contributed by atoms with Crippen LogP contribution in [0.2, 0.25) is 5.02 Å². The lowest BCUT2D eigenvalue weighted by Crippen LogP contribution is -2.23. The van der Waals surface area contributed by atoms with E-state index in [1.165, 1.54) is 10.9 Å². The zero-order chi connectivity index (χ0) is 14.8. The van der Waals surface area contributed by atoms with Gasteiger partial charge in [0, 0.05) is 5.02 Å². The summed E-state index contributed by atoms with van der Waals surface area (Å²) in [5.41, 5.74) is 1.20. The van der Waals surface area contributed by atoms with Crippen molar-refractivity contribution in [2.24, 2.45) is 0 Å². The number of benzene rings is 2. The first kappa shape index (κ1) is 13.8. The monoisotopic (exact) mass is 300 g/mol. The number of rotatable bonds is 3. The second kappa shape index (κ2) is 5.68. The Morgan fingerprint density at radius 3 is 2.62 bits per heavy atom. The highest BCUT2D eigenvalue weighted by Crippen LogP contribution is 2.17. The van der Waals surface area contributed by atoms with Gasteiger partial charge in [-0.05, 0) is 29.8 Å². The SMILES string of the molecule is O=c1c2ccccc2ncn1CC(O)c1ccc(Cl)cc1. The van der Waals surface area contributed by atoms with Gasteiger partial charge in [-0.25, -0.2) is 4.98 Å². The molecule has 0 saturated carbocycles. The summed E-state index contributed by atoms with van der Waals surface area (Å²) in [5.74, 6) is 0. The molecule has 0 aliphatic rings. The smallest absolute Gasteiger partial charge is 0.261 e. The Bertz CT molecular complexity index is 828. The number of hydrogen-bond donors (Lipinski definition) is 1. The number of halogens is 1. The number of aromatic nitrogens is 2. The molecule has 0 amide bonds. The summed E-state index contributed by atoms with van der Waals surface area (Å²) in [7, 11) is 0. The van der Waals surface area contributed by atoms with Crippen LogP contribution >= 0.6 is 11.6 Å². The van der Waals surface area contributed by atoms with Crippen molar-refractivity contribution in [2.45, 2.75) is 12.6 Å². The van der Waals surface area contributed by atoms with Crippen molar-refractivity contribution in [1.29, 1.82) is 0 Å². The van der Waals surface area contributed by atoms with Gasteiger partial charge in [0.1, 0.15) is 0 Å². The van der Waals surface area contributed by atoms with E-state index >= 15 is 0 Å². The zero-order valence-corrected chi connectivity index (χ0v) is 11.9. The number of fused-ring (bicyclic) bond motifs is 1. The highest BCUT2D eigenvalue weighted by Gasteiger charge is 2.11. The fourth-order valence-electron chi connectivity index (χ4n) is 2.21. The van der Waals surface area contributed by atoms with Crippen LogP contribution in [-0.2, 0) is 6.54 Å². The van der Waals surface area contributed by atoms with Crippen LogP contribution in [0, 0.1) is 0 Å². The molecule has 5 heteroatoms. The first-order valence-corrected chi connectivity index (χ1v) is 6.90. The van der Waals surface area contributed by atoms with Crippen molar-refractivity contribution < 1.29 is 5.11 Å². The number of para-hydroxylation sites is 1. The van der Waals surface area contributed by atoms with E-state index in [9.17, 15) is 9.90 Å². The number of hydrogen-bond acceptors (Lipinski definition) is 3. The third-order valence-corrected chi connectivity index (χ3v) is 3.61. The molecule has 0 spiro atoms. The van der Waals surface area contributed by atoms with Gasteiger partial charge in [0.25, 0.3) is 5.56 Å². The molecule has 1 N–H and O–H groups in total. The van der Waals surface area contributed by atoms with E-state index in [1.807, 2.05) is 6.07 Å². The quantitative estimate of drug-likeness (QED) is 0.809. The van der Waals surface area contributed by atoms with Gasteiger partial charge in [0.2, 0.25) is 0 Å². The molecule has 1 aromatic heterocycles. The molecule has 21 heavy (non-hydrogen) atoms. The van der Waals surface area contributed by atoms with Gasteiger partial charge in [-0.2, -0.15) is 0 Å². The molecule has 1 heterocycles. The molecular formula is C16H13ClN2O2. The first-order chi connectivity index (χ1) is 10.1. The van der Waals surface area contributed by atoms with Crippen LogP contribution in [0.4, 0.5) is 0 Å². The predicted molar refractivity (Wildman–Crippen MR) is 82.4 cm³/mol. The molecule has 3 aromatic rings. The van der Waals surface area contributed by atoms with Crippen LogP contribution in [0.15, 0.2) is 59.7 Å². The van der Waals surface area contributed by atoms with Crippen molar-refractivity contribution in [1.82, 2.24) is 9.55 Å². The van der Waals surface area contributed by atoms with E-state index in [0.29, 0.717) is 21.5 Å². The van der Waals surface area contributed by atoms with Crippen LogP contribution < -0.4 is 5.56 Å². The van der Waals surface area contributed by atoms with Gasteiger partial charge in [0.15, 0.2) is 0 Å². The maximum absolute atomic E-state index is 12.3. The normalized spacial score (nSPS) is 12.5. The van der Waals surface area contributed by atoms with Gasteiger partial charge < -0.3 is 5.11 Å². The van der Waals surface area contributed by atoms with Crippen molar-refractivity contribution in [3.05, 3.63) is 75.8 Å². The molecule has 106 valence electrons. The maximum atomic E-state index is 12.3. The largest absolute Gasteiger partial charge is 0.387 e. The van der Waals surface area contributed by atoms with Crippen LogP contribution in [0.25, 0.3) is 10.9 Å². The zero-order valence-electron chi connectivity index (χ0n) is 11.1. The van der Waals surface area contributed by atoms with Gasteiger partial charge in [0.05, 0.1) is 29.9 Å². The van der Waals surface area contributed by atoms with Gasteiger partial charge in [-0.3, -0.25) is 9.36 Å². The van der Waals surface area contributed by atoms with E-state index in [-0.39, 0.29) is 12.1 Å². The molecule has 3 rings (SSSR count). The fraction of sp³-hybridized carbons (Fsp3) is 0.125. The maximum Gasteiger partial charge on any atom is 0.261 e. The summed E-state index contributed by atoms with van der Waals surface area (Å²) in [5, 5.41) is 11.4. The minimum absolute atomic E-state index is 0.151. The summed E-state index contributed by atoms with van der Waals surface area (Å²) in [6.07, 6.45) is 0.673. The second-order valence-electron chi connectivity index (χ2n) is 4.79. The van der Waals surface area contributed by atoms with Crippen LogP contribution in [0.1, 0.15) is 11.7 Å². The first-order valence-electron chi connectivity index (χ1n) is 6.53. The van der Waals surface area contributed by atoms with Crippen molar-refractivity contribution in [3.63, 3.8) is 0 Å². The molecule has 0 aliphatic heterocycles. The molecule has 4 nitrogen and oxygen atoms in total. The standard InChI is InChI=1S/C16H13ClN2O2/c17-12-7-5-11(6-8-12)15(20)9-19-10-18-14-4-2-1-3-13(14)16(19)21/h1-8,10,15,20H,9H2. The molecule has 0 fully saturated rings. The van der Waals surface area contributed by atoms with Crippen LogP contribution in [0.5, 0.6) is 0 Å². The van der Waals surface area contributed by atoms with E-state index < -0.39 is 6.10 Å². The number of nitrogens with zero attached hydrogens (tertiary/aromatic N) is 2. The third-order valence-electron chi connectivity index (χ3n) is 3.36. The lowest BCUT2D eigenvalue weighted by molar-refractivity contribution is 0.155. The van der Waals surface area contributed by atoms with Gasteiger partial charge in [-0.15, -0.1) is 0 Å². The lowest BCUT2D eigenvalue weighted by atomic mass is 10.1. The topological polar surface area (TPSA) is 55.1 Å². The Morgan fingerprint density at radius 2 is 1.86 bits per heavy atom. The van der Waals surface area contributed by atoms with Crippen LogP contribution in [-0.4, -0.2) is 14.7 Å². The molecular weight excluding hydrogens is 288 g/mol. The highest BCUT2D eigenvalue weighted by atomic mass is 35.5. The Kier molecular flexibility index (Phi) is 3.73. The minimum atomic E-state index is -0.789. The van der Waals surface area contributed by atoms with E-state index in [2.05, 4.69) is 4.98 Å². The molecule has 1 atom stereocenters. The average Bonchev–Trinajstić information content (AvgIpc) is 2.51. The third kappa shape index (κ3) is 2.82. The summed E-state index contributed by atoms with van der Waals surface area (Å²) < 4.78 is 1.42. The van der Waals surface area contributed by atoms with E-state index in [0.717, 1.165) is 0 Å². The minimum Gasteiger partial charge on any atom is -0.387 e. The van der Waals surface area contributed by atoms with Gasteiger partial charge in [-0.1, -0.05) is 35.9 Å². The Hall–Kier alpha value is -2.17. The summed E-state index contributed by atoms with van der Waals surface area (Å²) >= 11 is 5.82.